The Bertz CT molecular complexity index is 769. The van der Waals surface area contributed by atoms with Crippen molar-refractivity contribution in [2.24, 2.45) is 0 Å². The van der Waals surface area contributed by atoms with Crippen molar-refractivity contribution in [3.05, 3.63) is 45.0 Å². The van der Waals surface area contributed by atoms with E-state index in [2.05, 4.69) is 14.7 Å². The molecule has 0 aliphatic heterocycles. The molecule has 0 saturated carbocycles. The second-order valence-electron chi connectivity index (χ2n) is 5.50. The topological polar surface area (TPSA) is 52.1 Å². The van der Waals surface area contributed by atoms with Gasteiger partial charge >= 0.3 is 35.5 Å². The predicted molar refractivity (Wildman–Crippen MR) is 110 cm³/mol. The van der Waals surface area contributed by atoms with Gasteiger partial charge in [-0.15, -0.1) is 11.8 Å². The SMILES string of the molecule is COC(=O)CCSc1cc(C)nc(C)c1Cl.Cc1cc([S-])c(Cl)c(C)n1.[Na+]. The van der Waals surface area contributed by atoms with Crippen molar-refractivity contribution in [1.82, 2.24) is 9.97 Å². The summed E-state index contributed by atoms with van der Waals surface area (Å²) in [5.41, 5.74) is 3.49. The number of aromatic nitrogens is 2. The van der Waals surface area contributed by atoms with Gasteiger partial charge in [0.1, 0.15) is 0 Å². The fourth-order valence-electron chi connectivity index (χ4n) is 2.01. The largest absolute Gasteiger partial charge is 1.00 e. The molecule has 9 heteroatoms. The monoisotopic (exact) mass is 454 g/mol. The number of hydrogen-bond acceptors (Lipinski definition) is 6. The van der Waals surface area contributed by atoms with E-state index < -0.39 is 0 Å². The third kappa shape index (κ3) is 9.31. The minimum atomic E-state index is -0.203. The number of pyridine rings is 2. The summed E-state index contributed by atoms with van der Waals surface area (Å²) < 4.78 is 4.57. The van der Waals surface area contributed by atoms with Gasteiger partial charge in [0.25, 0.3) is 0 Å². The third-order valence-electron chi connectivity index (χ3n) is 3.23. The Labute approximate surface area is 202 Å². The van der Waals surface area contributed by atoms with Crippen LogP contribution in [0.4, 0.5) is 0 Å². The second kappa shape index (κ2) is 13.2. The van der Waals surface area contributed by atoms with Gasteiger partial charge in [-0.2, -0.15) is 4.90 Å². The van der Waals surface area contributed by atoms with E-state index in [1.165, 1.54) is 7.11 Å². The Kier molecular flexibility index (Phi) is 13.2. The van der Waals surface area contributed by atoms with Crippen LogP contribution in [-0.2, 0) is 22.2 Å². The number of methoxy groups -OCH3 is 1. The smallest absolute Gasteiger partial charge is 0.778 e. The molecule has 0 saturated heterocycles. The van der Waals surface area contributed by atoms with Crippen molar-refractivity contribution in [1.29, 1.82) is 0 Å². The van der Waals surface area contributed by atoms with E-state index in [9.17, 15) is 4.79 Å². The van der Waals surface area contributed by atoms with Crippen LogP contribution in [0.1, 0.15) is 29.2 Å². The van der Waals surface area contributed by atoms with Crippen molar-refractivity contribution in [3.63, 3.8) is 0 Å². The van der Waals surface area contributed by atoms with Crippen LogP contribution in [0.2, 0.25) is 10.0 Å². The predicted octanol–water partition coefficient (Wildman–Crippen LogP) is 2.27. The first kappa shape index (κ1) is 26.9. The van der Waals surface area contributed by atoms with Gasteiger partial charge < -0.3 is 17.4 Å². The van der Waals surface area contributed by atoms with E-state index in [4.69, 9.17) is 35.8 Å². The Hall–Kier alpha value is -0.0800. The van der Waals surface area contributed by atoms with Crippen molar-refractivity contribution < 1.29 is 39.1 Å². The molecule has 2 heterocycles. The zero-order valence-electron chi connectivity index (χ0n) is 16.4. The van der Waals surface area contributed by atoms with Crippen molar-refractivity contribution in [2.75, 3.05) is 12.9 Å². The molecule has 0 aliphatic carbocycles. The molecule has 0 aromatic carbocycles. The van der Waals surface area contributed by atoms with E-state index in [0.717, 1.165) is 27.7 Å². The molecule has 0 spiro atoms. The van der Waals surface area contributed by atoms with Gasteiger partial charge in [0.15, 0.2) is 0 Å². The zero-order chi connectivity index (χ0) is 19.9. The molecular formula is C18H21Cl2N2NaO2S2. The minimum absolute atomic E-state index is 0. The molecule has 0 radical (unpaired) electrons. The Morgan fingerprint density at radius 2 is 1.59 bits per heavy atom. The fraction of sp³-hybridized carbons (Fsp3) is 0.389. The molecule has 0 bridgehead atoms. The number of carbonyl (C=O) groups excluding carboxylic acids is 1. The van der Waals surface area contributed by atoms with Gasteiger partial charge in [-0.05, 0) is 33.8 Å². The quantitative estimate of drug-likeness (QED) is 0.305. The molecule has 2 aromatic heterocycles. The third-order valence-corrected chi connectivity index (χ3v) is 5.77. The number of halogens is 2. The Morgan fingerprint density at radius 3 is 2.11 bits per heavy atom. The first-order chi connectivity index (χ1) is 12.1. The second-order valence-corrected chi connectivity index (χ2v) is 7.83. The maximum Gasteiger partial charge on any atom is 1.00 e. The number of carbonyl (C=O) groups is 1. The van der Waals surface area contributed by atoms with Gasteiger partial charge in [0, 0.05) is 27.1 Å². The van der Waals surface area contributed by atoms with Crippen LogP contribution in [0.5, 0.6) is 0 Å². The van der Waals surface area contributed by atoms with Gasteiger partial charge in [-0.1, -0.05) is 29.3 Å². The molecule has 0 aliphatic rings. The standard InChI is InChI=1S/C11H14ClNO2S.C7H8ClNS.Na/c1-7-6-9(11(12)8(2)13-7)16-5-4-10(14)15-3;1-4-3-6(10)7(8)5(2)9-4;/h6H,4-5H2,1-3H3;3H,1-2H3,(H,9,10);/q;;+1/p-1. The molecule has 27 heavy (non-hydrogen) atoms. The van der Waals surface area contributed by atoms with E-state index in [1.54, 1.807) is 17.8 Å². The molecule has 0 N–H and O–H groups in total. The first-order valence-electron chi connectivity index (χ1n) is 7.79. The number of nitrogens with zero attached hydrogens (tertiary/aromatic N) is 2. The molecular weight excluding hydrogens is 434 g/mol. The van der Waals surface area contributed by atoms with Crippen LogP contribution in [-0.4, -0.2) is 28.8 Å². The number of rotatable bonds is 4. The average Bonchev–Trinajstić information content (AvgIpc) is 2.57. The van der Waals surface area contributed by atoms with Gasteiger partial charge in [0.2, 0.25) is 0 Å². The van der Waals surface area contributed by atoms with Crippen LogP contribution >= 0.6 is 35.0 Å². The molecule has 0 unspecified atom stereocenters. The minimum Gasteiger partial charge on any atom is -0.778 e. The number of ether oxygens (including phenoxy) is 1. The molecule has 0 amide bonds. The van der Waals surface area contributed by atoms with Gasteiger partial charge in [-0.25, -0.2) is 0 Å². The number of aryl methyl sites for hydroxylation is 4. The fourth-order valence-corrected chi connectivity index (χ4v) is 3.70. The summed E-state index contributed by atoms with van der Waals surface area (Å²) in [6.45, 7) is 7.55. The number of hydrogen-bond donors (Lipinski definition) is 0. The van der Waals surface area contributed by atoms with Crippen molar-refractivity contribution >= 4 is 53.6 Å². The maximum atomic E-state index is 10.9. The van der Waals surface area contributed by atoms with Crippen LogP contribution in [0, 0.1) is 27.7 Å². The Morgan fingerprint density at radius 1 is 1.07 bits per heavy atom. The summed E-state index contributed by atoms with van der Waals surface area (Å²) in [5.74, 6) is 0.459. The summed E-state index contributed by atoms with van der Waals surface area (Å²) >= 11 is 18.4. The summed E-state index contributed by atoms with van der Waals surface area (Å²) in [4.78, 5) is 21.0. The molecule has 142 valence electrons. The van der Waals surface area contributed by atoms with E-state index in [1.807, 2.05) is 33.8 Å². The van der Waals surface area contributed by atoms with Crippen LogP contribution < -0.4 is 29.6 Å². The zero-order valence-corrected chi connectivity index (χ0v) is 21.5. The molecule has 2 aromatic rings. The van der Waals surface area contributed by atoms with Crippen molar-refractivity contribution in [3.8, 4) is 0 Å². The first-order valence-corrected chi connectivity index (χ1v) is 9.94. The van der Waals surface area contributed by atoms with Gasteiger partial charge in [-0.3, -0.25) is 14.8 Å². The van der Waals surface area contributed by atoms with Crippen LogP contribution in [0.3, 0.4) is 0 Å². The Balaban J connectivity index is 0.000000531. The summed E-state index contributed by atoms with van der Waals surface area (Å²) in [7, 11) is 1.39. The van der Waals surface area contributed by atoms with Crippen LogP contribution in [0.15, 0.2) is 21.9 Å². The maximum absolute atomic E-state index is 10.9. The van der Waals surface area contributed by atoms with Crippen LogP contribution in [0.25, 0.3) is 0 Å². The van der Waals surface area contributed by atoms with E-state index >= 15 is 0 Å². The molecule has 0 fully saturated rings. The normalized spacial score (nSPS) is 9.74. The summed E-state index contributed by atoms with van der Waals surface area (Å²) in [6, 6.07) is 3.72. The molecule has 2 rings (SSSR count). The average molecular weight is 455 g/mol. The van der Waals surface area contributed by atoms with E-state index in [-0.39, 0.29) is 35.5 Å². The summed E-state index contributed by atoms with van der Waals surface area (Å²) in [6.07, 6.45) is 0.387. The molecule has 0 atom stereocenters. The number of esters is 1. The summed E-state index contributed by atoms with van der Waals surface area (Å²) in [5, 5.41) is 1.26. The molecule has 4 nitrogen and oxygen atoms in total. The van der Waals surface area contributed by atoms with Crippen molar-refractivity contribution in [2.45, 2.75) is 43.9 Å². The number of thioether (sulfide) groups is 1. The van der Waals surface area contributed by atoms with E-state index in [0.29, 0.717) is 27.1 Å². The van der Waals surface area contributed by atoms with Gasteiger partial charge in [0.05, 0.1) is 29.9 Å².